The van der Waals surface area contributed by atoms with Crippen molar-refractivity contribution in [2.75, 3.05) is 7.11 Å². The maximum absolute atomic E-state index is 12.8. The molecule has 3 rings (SSSR count). The number of benzene rings is 2. The number of hydrazone groups is 1. The number of aromatic nitrogens is 2. The van der Waals surface area contributed by atoms with Gasteiger partial charge in [0.25, 0.3) is 11.5 Å². The lowest BCUT2D eigenvalue weighted by molar-refractivity contribution is 0.0949. The molecule has 0 aliphatic carbocycles. The van der Waals surface area contributed by atoms with Crippen molar-refractivity contribution in [1.29, 1.82) is 0 Å². The lowest BCUT2D eigenvalue weighted by atomic mass is 10.1. The number of hydrogen-bond donors (Lipinski definition) is 1. The first-order chi connectivity index (χ1) is 14.0. The molecule has 3 aromatic rings. The van der Waals surface area contributed by atoms with E-state index in [-0.39, 0.29) is 11.3 Å². The molecular weight excluding hydrogens is 436 g/mol. The van der Waals surface area contributed by atoms with Crippen molar-refractivity contribution in [2.45, 2.75) is 26.3 Å². The smallest absolute Gasteiger partial charge is 0.292 e. The largest absolute Gasteiger partial charge is 0.496 e. The van der Waals surface area contributed by atoms with Crippen LogP contribution in [0.25, 0.3) is 10.8 Å². The molecule has 0 saturated carbocycles. The van der Waals surface area contributed by atoms with Crippen molar-refractivity contribution in [3.63, 3.8) is 0 Å². The molecule has 7 nitrogen and oxygen atoms in total. The number of aryl methyl sites for hydroxylation is 1. The van der Waals surface area contributed by atoms with E-state index in [1.165, 1.54) is 10.9 Å². The van der Waals surface area contributed by atoms with Gasteiger partial charge in [-0.15, -0.1) is 0 Å². The Kier molecular flexibility index (Phi) is 6.77. The summed E-state index contributed by atoms with van der Waals surface area (Å²) in [4.78, 5) is 25.4. The molecule has 1 aromatic heterocycles. The van der Waals surface area contributed by atoms with Gasteiger partial charge in [0.15, 0.2) is 5.69 Å². The predicted molar refractivity (Wildman–Crippen MR) is 117 cm³/mol. The fourth-order valence-electron chi connectivity index (χ4n) is 2.88. The normalized spacial score (nSPS) is 11.1. The van der Waals surface area contributed by atoms with E-state index in [0.29, 0.717) is 28.6 Å². The third-order valence-corrected chi connectivity index (χ3v) is 4.86. The highest BCUT2D eigenvalue weighted by Crippen LogP contribution is 2.21. The number of carbonyl (C=O) groups is 1. The zero-order valence-corrected chi connectivity index (χ0v) is 17.8. The Hall–Kier alpha value is -3.00. The molecule has 0 aliphatic heterocycles. The van der Waals surface area contributed by atoms with Crippen molar-refractivity contribution < 1.29 is 9.53 Å². The van der Waals surface area contributed by atoms with Crippen molar-refractivity contribution in [1.82, 2.24) is 15.2 Å². The van der Waals surface area contributed by atoms with Crippen LogP contribution < -0.4 is 15.7 Å². The summed E-state index contributed by atoms with van der Waals surface area (Å²) >= 11 is 3.40. The molecule has 2 aromatic carbocycles. The van der Waals surface area contributed by atoms with Gasteiger partial charge >= 0.3 is 0 Å². The Morgan fingerprint density at radius 1 is 1.28 bits per heavy atom. The number of nitrogens with zero attached hydrogens (tertiary/aromatic N) is 3. The molecule has 0 spiro atoms. The molecule has 0 aliphatic rings. The Morgan fingerprint density at radius 3 is 2.76 bits per heavy atom. The summed E-state index contributed by atoms with van der Waals surface area (Å²) in [5.41, 5.74) is 3.16. The van der Waals surface area contributed by atoms with Gasteiger partial charge < -0.3 is 4.74 Å². The monoisotopic (exact) mass is 456 g/mol. The maximum Gasteiger partial charge on any atom is 0.292 e. The fraction of sp³-hybridized carbons (Fsp3) is 0.238. The summed E-state index contributed by atoms with van der Waals surface area (Å²) in [6.45, 7) is 2.49. The van der Waals surface area contributed by atoms with E-state index < -0.39 is 5.91 Å². The molecule has 29 heavy (non-hydrogen) atoms. The minimum Gasteiger partial charge on any atom is -0.496 e. The van der Waals surface area contributed by atoms with Crippen molar-refractivity contribution in [3.05, 3.63) is 68.5 Å². The van der Waals surface area contributed by atoms with Gasteiger partial charge in [0.1, 0.15) is 5.75 Å². The molecule has 1 heterocycles. The highest BCUT2D eigenvalue weighted by Gasteiger charge is 2.16. The van der Waals surface area contributed by atoms with Gasteiger partial charge in [0.2, 0.25) is 0 Å². The van der Waals surface area contributed by atoms with Crippen LogP contribution in [0.2, 0.25) is 0 Å². The van der Waals surface area contributed by atoms with E-state index in [2.05, 4.69) is 31.6 Å². The number of hydrogen-bond acceptors (Lipinski definition) is 5. The van der Waals surface area contributed by atoms with Crippen LogP contribution in [0.3, 0.4) is 0 Å². The number of methoxy groups -OCH3 is 1. The number of halogens is 1. The molecule has 0 bridgehead atoms. The van der Waals surface area contributed by atoms with E-state index in [1.807, 2.05) is 19.1 Å². The van der Waals surface area contributed by atoms with Gasteiger partial charge in [-0.3, -0.25) is 9.59 Å². The van der Waals surface area contributed by atoms with Crippen LogP contribution in [-0.2, 0) is 6.54 Å². The van der Waals surface area contributed by atoms with E-state index in [9.17, 15) is 9.59 Å². The van der Waals surface area contributed by atoms with Crippen molar-refractivity contribution in [3.8, 4) is 5.75 Å². The van der Waals surface area contributed by atoms with Crippen LogP contribution in [0.1, 0.15) is 35.8 Å². The van der Waals surface area contributed by atoms with Gasteiger partial charge in [-0.05, 0) is 30.7 Å². The molecular formula is C21H21BrN4O3. The summed E-state index contributed by atoms with van der Waals surface area (Å²) in [6.07, 6.45) is 3.21. The van der Waals surface area contributed by atoms with Crippen LogP contribution in [-0.4, -0.2) is 29.0 Å². The Morgan fingerprint density at radius 2 is 2.03 bits per heavy atom. The second kappa shape index (κ2) is 9.47. The van der Waals surface area contributed by atoms with Crippen LogP contribution >= 0.6 is 15.9 Å². The average molecular weight is 457 g/mol. The highest BCUT2D eigenvalue weighted by atomic mass is 79.9. The molecule has 0 radical (unpaired) electrons. The number of carbonyl (C=O) groups excluding carboxylic acids is 1. The first-order valence-corrected chi connectivity index (χ1v) is 10.0. The zero-order valence-electron chi connectivity index (χ0n) is 16.2. The SMILES string of the molecule is CCCCn1nc(C(=O)N/N=C/c2cc(Br)ccc2OC)c2ccccc2c1=O. The number of nitrogens with one attached hydrogen (secondary N) is 1. The van der Waals surface area contributed by atoms with Gasteiger partial charge in [-0.1, -0.05) is 47.5 Å². The molecule has 150 valence electrons. The molecule has 0 saturated heterocycles. The average Bonchev–Trinajstić information content (AvgIpc) is 2.73. The van der Waals surface area contributed by atoms with Crippen LogP contribution in [0.5, 0.6) is 5.75 Å². The number of unbranched alkanes of at least 4 members (excludes halogenated alkanes) is 1. The zero-order chi connectivity index (χ0) is 20.8. The summed E-state index contributed by atoms with van der Waals surface area (Å²) in [6, 6.07) is 12.4. The number of fused-ring (bicyclic) bond motifs is 1. The summed E-state index contributed by atoms with van der Waals surface area (Å²) in [5.74, 6) is 0.138. The molecule has 0 atom stereocenters. The molecule has 8 heteroatoms. The molecule has 1 amide bonds. The number of rotatable bonds is 7. The number of ether oxygens (including phenoxy) is 1. The van der Waals surface area contributed by atoms with Crippen molar-refractivity contribution in [2.24, 2.45) is 5.10 Å². The summed E-state index contributed by atoms with van der Waals surface area (Å²) < 4.78 is 7.50. The first-order valence-electron chi connectivity index (χ1n) is 9.22. The van der Waals surface area contributed by atoms with E-state index in [4.69, 9.17) is 4.74 Å². The topological polar surface area (TPSA) is 85.6 Å². The van der Waals surface area contributed by atoms with Gasteiger partial charge in [-0.25, -0.2) is 10.1 Å². The predicted octanol–water partition coefficient (Wildman–Crippen LogP) is 3.73. The number of amides is 1. The Bertz CT molecular complexity index is 1120. The van der Waals surface area contributed by atoms with Gasteiger partial charge in [0, 0.05) is 22.0 Å². The lowest BCUT2D eigenvalue weighted by Gasteiger charge is -2.10. The summed E-state index contributed by atoms with van der Waals surface area (Å²) in [5, 5.41) is 9.29. The van der Waals surface area contributed by atoms with Crippen LogP contribution in [0, 0.1) is 0 Å². The fourth-order valence-corrected chi connectivity index (χ4v) is 3.26. The van der Waals surface area contributed by atoms with Gasteiger partial charge in [0.05, 0.1) is 18.7 Å². The quantitative estimate of drug-likeness (QED) is 0.433. The van der Waals surface area contributed by atoms with Gasteiger partial charge in [-0.2, -0.15) is 10.2 Å². The Balaban J connectivity index is 1.92. The van der Waals surface area contributed by atoms with Crippen LogP contribution in [0.15, 0.2) is 56.8 Å². The second-order valence-electron chi connectivity index (χ2n) is 6.36. The molecule has 0 fully saturated rings. The Labute approximate surface area is 176 Å². The minimum atomic E-state index is -0.489. The van der Waals surface area contributed by atoms with E-state index >= 15 is 0 Å². The highest BCUT2D eigenvalue weighted by molar-refractivity contribution is 9.10. The van der Waals surface area contributed by atoms with Crippen LogP contribution in [0.4, 0.5) is 0 Å². The molecule has 0 unspecified atom stereocenters. The standard InChI is InChI=1S/C21H21BrN4O3/c1-3-4-11-26-21(28)17-8-6-5-7-16(17)19(25-26)20(27)24-23-13-14-12-15(22)9-10-18(14)29-2/h5-10,12-13H,3-4,11H2,1-2H3,(H,24,27)/b23-13+. The minimum absolute atomic E-state index is 0.162. The molecule has 1 N–H and O–H groups in total. The van der Waals surface area contributed by atoms with E-state index in [0.717, 1.165) is 17.3 Å². The lowest BCUT2D eigenvalue weighted by Crippen LogP contribution is -2.29. The first kappa shape index (κ1) is 20.7. The summed E-state index contributed by atoms with van der Waals surface area (Å²) in [7, 11) is 1.56. The second-order valence-corrected chi connectivity index (χ2v) is 7.28. The third kappa shape index (κ3) is 4.71. The van der Waals surface area contributed by atoms with Crippen molar-refractivity contribution >= 4 is 38.8 Å². The third-order valence-electron chi connectivity index (χ3n) is 4.37. The maximum atomic E-state index is 12.8. The van der Waals surface area contributed by atoms with E-state index in [1.54, 1.807) is 37.4 Å².